The van der Waals surface area contributed by atoms with E-state index in [0.29, 0.717) is 5.69 Å². The molecule has 0 unspecified atom stereocenters. The summed E-state index contributed by atoms with van der Waals surface area (Å²) in [5.74, 6) is -1.09. The number of carbonyl (C=O) groups excluding carboxylic acids is 2. The van der Waals surface area contributed by atoms with Crippen molar-refractivity contribution < 1.29 is 14.4 Å². The van der Waals surface area contributed by atoms with Gasteiger partial charge >= 0.3 is 0 Å². The predicted octanol–water partition coefficient (Wildman–Crippen LogP) is 4.42. The van der Waals surface area contributed by atoms with Gasteiger partial charge in [0, 0.05) is 4.88 Å². The number of para-hydroxylation sites is 1. The van der Waals surface area contributed by atoms with E-state index >= 15 is 0 Å². The van der Waals surface area contributed by atoms with Gasteiger partial charge in [-0.15, -0.1) is 11.3 Å². The van der Waals surface area contributed by atoms with E-state index < -0.39 is 12.0 Å². The van der Waals surface area contributed by atoms with Crippen molar-refractivity contribution in [2.24, 2.45) is 5.92 Å². The third-order valence-electron chi connectivity index (χ3n) is 5.55. The second-order valence-electron chi connectivity index (χ2n) is 7.48. The molecule has 2 aliphatic heterocycles. The molecule has 3 aromatic rings. The molecule has 0 bridgehead atoms. The van der Waals surface area contributed by atoms with Gasteiger partial charge in [-0.3, -0.25) is 14.4 Å². The van der Waals surface area contributed by atoms with Crippen molar-refractivity contribution in [3.05, 3.63) is 82.0 Å². The lowest BCUT2D eigenvalue weighted by atomic mass is 9.95. The van der Waals surface area contributed by atoms with Gasteiger partial charge in [-0.2, -0.15) is 0 Å². The summed E-state index contributed by atoms with van der Waals surface area (Å²) in [5.41, 5.74) is 3.46. The zero-order valence-electron chi connectivity index (χ0n) is 16.1. The lowest BCUT2D eigenvalue weighted by Gasteiger charge is -2.28. The first-order valence-corrected chi connectivity index (χ1v) is 10.4. The topological polar surface area (TPSA) is 49.9 Å². The van der Waals surface area contributed by atoms with Crippen LogP contribution < -0.4 is 9.96 Å². The minimum atomic E-state index is -0.824. The average molecular weight is 404 g/mol. The van der Waals surface area contributed by atoms with E-state index in [-0.39, 0.29) is 17.9 Å². The fourth-order valence-corrected chi connectivity index (χ4v) is 5.11. The number of hydroxylamine groups is 1. The Morgan fingerprint density at radius 1 is 0.931 bits per heavy atom. The molecular formula is C23H20N2O3S. The summed E-state index contributed by atoms with van der Waals surface area (Å²) in [4.78, 5) is 35.3. The van der Waals surface area contributed by atoms with E-state index in [4.69, 9.17) is 4.84 Å². The van der Waals surface area contributed by atoms with Crippen molar-refractivity contribution in [1.29, 1.82) is 0 Å². The molecule has 5 rings (SSSR count). The summed E-state index contributed by atoms with van der Waals surface area (Å²) >= 11 is 1.57. The highest BCUT2D eigenvalue weighted by atomic mass is 32.1. The third kappa shape index (κ3) is 2.79. The summed E-state index contributed by atoms with van der Waals surface area (Å²) in [5, 5.41) is 3.71. The first kappa shape index (κ1) is 18.1. The first-order valence-electron chi connectivity index (χ1n) is 9.56. The van der Waals surface area contributed by atoms with Crippen LogP contribution in [0.5, 0.6) is 0 Å². The molecule has 1 aromatic heterocycles. The number of amides is 2. The van der Waals surface area contributed by atoms with Crippen molar-refractivity contribution >= 4 is 34.5 Å². The monoisotopic (exact) mass is 404 g/mol. The van der Waals surface area contributed by atoms with Gasteiger partial charge in [0.1, 0.15) is 12.0 Å². The Hall–Kier alpha value is -2.96. The third-order valence-corrected chi connectivity index (χ3v) is 6.50. The molecule has 0 aliphatic carbocycles. The number of imide groups is 1. The number of nitrogens with zero attached hydrogens (tertiary/aromatic N) is 2. The number of thiophene rings is 1. The van der Waals surface area contributed by atoms with Gasteiger partial charge in [0.25, 0.3) is 5.91 Å². The van der Waals surface area contributed by atoms with Gasteiger partial charge in [-0.25, -0.2) is 9.96 Å². The number of hydrogen-bond donors (Lipinski definition) is 0. The zero-order chi connectivity index (χ0) is 20.1. The lowest BCUT2D eigenvalue weighted by Crippen LogP contribution is -2.37. The Kier molecular flexibility index (Phi) is 4.26. The number of anilines is 2. The zero-order valence-corrected chi connectivity index (χ0v) is 16.9. The molecule has 0 radical (unpaired) electrons. The van der Waals surface area contributed by atoms with Crippen LogP contribution in [0.25, 0.3) is 0 Å². The maximum absolute atomic E-state index is 13.5. The Bertz CT molecular complexity index is 1080. The smallest absolute Gasteiger partial charge is 0.266 e. The molecule has 29 heavy (non-hydrogen) atoms. The summed E-state index contributed by atoms with van der Waals surface area (Å²) in [7, 11) is 0. The highest BCUT2D eigenvalue weighted by Gasteiger charge is 2.60. The van der Waals surface area contributed by atoms with Crippen LogP contribution in [0.3, 0.4) is 0 Å². The standard InChI is InChI=1S/C23H20N2O3S/c1-14-10-11-17(15(2)13-14)24-22(26)19-20(18-9-6-12-29-18)25(28-21(19)23(24)27)16-7-4-3-5-8-16/h3-13,19-21H,1-2H3/t19-,20+,21-/m0/s1. The molecule has 2 amide bonds. The van der Waals surface area contributed by atoms with Crippen LogP contribution in [0.2, 0.25) is 0 Å². The van der Waals surface area contributed by atoms with Crippen molar-refractivity contribution in [2.75, 3.05) is 9.96 Å². The van der Waals surface area contributed by atoms with Crippen LogP contribution in [0.1, 0.15) is 22.0 Å². The van der Waals surface area contributed by atoms with Crippen molar-refractivity contribution in [3.63, 3.8) is 0 Å². The Morgan fingerprint density at radius 2 is 1.72 bits per heavy atom. The molecule has 2 aromatic carbocycles. The Balaban J connectivity index is 1.58. The summed E-state index contributed by atoms with van der Waals surface area (Å²) in [6, 6.07) is 19.0. The molecule has 5 nitrogen and oxygen atoms in total. The van der Waals surface area contributed by atoms with E-state index in [1.165, 1.54) is 4.90 Å². The van der Waals surface area contributed by atoms with Gasteiger partial charge in [0.05, 0.1) is 11.4 Å². The van der Waals surface area contributed by atoms with E-state index in [1.807, 2.05) is 79.9 Å². The molecule has 3 heterocycles. The quantitative estimate of drug-likeness (QED) is 0.607. The van der Waals surface area contributed by atoms with E-state index in [9.17, 15) is 9.59 Å². The number of fused-ring (bicyclic) bond motifs is 1. The second kappa shape index (κ2) is 6.83. The number of benzene rings is 2. The van der Waals surface area contributed by atoms with Crippen LogP contribution in [0.15, 0.2) is 66.0 Å². The molecule has 3 atom stereocenters. The Labute approximate surface area is 173 Å². The molecule has 2 fully saturated rings. The second-order valence-corrected chi connectivity index (χ2v) is 8.45. The highest BCUT2D eigenvalue weighted by molar-refractivity contribution is 7.10. The fourth-order valence-electron chi connectivity index (χ4n) is 4.26. The largest absolute Gasteiger partial charge is 0.273 e. The molecule has 2 aliphatic rings. The van der Waals surface area contributed by atoms with Crippen molar-refractivity contribution in [3.8, 4) is 0 Å². The first-order chi connectivity index (χ1) is 14.1. The van der Waals surface area contributed by atoms with Crippen LogP contribution in [-0.4, -0.2) is 17.9 Å². The van der Waals surface area contributed by atoms with Gasteiger partial charge in [0.15, 0.2) is 6.10 Å². The maximum Gasteiger partial charge on any atom is 0.266 e. The number of aryl methyl sites for hydroxylation is 2. The number of carbonyl (C=O) groups is 2. The average Bonchev–Trinajstić information content (AvgIpc) is 3.41. The fraction of sp³-hybridized carbons (Fsp3) is 0.217. The van der Waals surface area contributed by atoms with E-state index in [1.54, 1.807) is 16.4 Å². The van der Waals surface area contributed by atoms with Crippen LogP contribution in [-0.2, 0) is 14.4 Å². The lowest BCUT2D eigenvalue weighted by molar-refractivity contribution is -0.126. The highest BCUT2D eigenvalue weighted by Crippen LogP contribution is 2.48. The summed E-state index contributed by atoms with van der Waals surface area (Å²) < 4.78 is 0. The molecule has 0 spiro atoms. The minimum Gasteiger partial charge on any atom is -0.273 e. The SMILES string of the molecule is Cc1ccc(N2C(=O)[C@@H]3[C@H](ON(c4ccccc4)[C@@H]3c3cccs3)C2=O)c(C)c1. The van der Waals surface area contributed by atoms with Crippen molar-refractivity contribution in [1.82, 2.24) is 0 Å². The number of hydrogen-bond acceptors (Lipinski definition) is 5. The van der Waals surface area contributed by atoms with E-state index in [0.717, 1.165) is 21.7 Å². The van der Waals surface area contributed by atoms with Crippen LogP contribution >= 0.6 is 11.3 Å². The van der Waals surface area contributed by atoms with Gasteiger partial charge in [0.2, 0.25) is 5.91 Å². The van der Waals surface area contributed by atoms with Crippen LogP contribution in [0.4, 0.5) is 11.4 Å². The molecule has 0 N–H and O–H groups in total. The minimum absolute atomic E-state index is 0.205. The van der Waals surface area contributed by atoms with Gasteiger partial charge in [-0.1, -0.05) is 42.0 Å². The summed E-state index contributed by atoms with van der Waals surface area (Å²) in [6.07, 6.45) is -0.824. The van der Waals surface area contributed by atoms with Crippen LogP contribution in [0, 0.1) is 19.8 Å². The molecule has 2 saturated heterocycles. The molecule has 6 heteroatoms. The van der Waals surface area contributed by atoms with Crippen molar-refractivity contribution in [2.45, 2.75) is 26.0 Å². The van der Waals surface area contributed by atoms with Gasteiger partial charge < -0.3 is 0 Å². The molecular weight excluding hydrogens is 384 g/mol. The van der Waals surface area contributed by atoms with E-state index in [2.05, 4.69) is 0 Å². The summed E-state index contributed by atoms with van der Waals surface area (Å²) in [6.45, 7) is 3.91. The molecule has 146 valence electrons. The maximum atomic E-state index is 13.5. The predicted molar refractivity (Wildman–Crippen MR) is 113 cm³/mol. The van der Waals surface area contributed by atoms with Gasteiger partial charge in [-0.05, 0) is 49.1 Å². The molecule has 0 saturated carbocycles. The number of rotatable bonds is 3. The normalized spacial score (nSPS) is 23.7. The Morgan fingerprint density at radius 3 is 2.41 bits per heavy atom.